The second kappa shape index (κ2) is 28.1. The monoisotopic (exact) mass is 850 g/mol. The van der Waals surface area contributed by atoms with Crippen molar-refractivity contribution in [2.45, 2.75) is 70.1 Å². The summed E-state index contributed by atoms with van der Waals surface area (Å²) in [5, 5.41) is 9.21. The highest BCUT2D eigenvalue weighted by molar-refractivity contribution is 6.03. The maximum atomic E-state index is 11.2. The summed E-state index contributed by atoms with van der Waals surface area (Å²) in [5.74, 6) is -0.744. The predicted molar refractivity (Wildman–Crippen MR) is 241 cm³/mol. The first kappa shape index (κ1) is 49.9. The van der Waals surface area contributed by atoms with Gasteiger partial charge in [-0.2, -0.15) is 4.58 Å². The minimum Gasteiger partial charge on any atom is -0.481 e. The number of aliphatic carboxylic acids is 1. The second-order valence-electron chi connectivity index (χ2n) is 15.6. The standard InChI is InChI=1S/C49H72N2O10/c1-6-50-43-19-14-12-17-41(43)48(2,24-27-56-33-35-60-39-37-58-31-29-54-4)45(50)21-9-7-10-22-46-49(3,25-28-57-34-36-61-40-38-59-32-30-55-5)42-18-13-15-20-44(42)51(46)26-16-8-11-23-47(52)53/h7,9-10,12-15,17-22H,6,8,11,16,23-40H2,1-5H3/p+1. The lowest BCUT2D eigenvalue weighted by atomic mass is 9.76. The number of nitrogens with zero attached hydrogens (tertiary/aromatic N) is 2. The maximum absolute atomic E-state index is 11.2. The summed E-state index contributed by atoms with van der Waals surface area (Å²) in [6.07, 6.45) is 15.2. The molecule has 12 heteroatoms. The fourth-order valence-electron chi connectivity index (χ4n) is 8.14. The van der Waals surface area contributed by atoms with Crippen molar-refractivity contribution in [3.8, 4) is 0 Å². The van der Waals surface area contributed by atoms with E-state index in [1.165, 1.54) is 33.9 Å². The zero-order valence-corrected chi connectivity index (χ0v) is 37.6. The zero-order chi connectivity index (χ0) is 43.6. The SMILES string of the molecule is CCN1C(=CC=CC=CC2=[N+](CCCCCC(=O)O)c3ccccc3C2(C)CCOCCOCCOCCOC)C(C)(CCOCCOCCOCCOC)c2ccccc21. The van der Waals surface area contributed by atoms with Crippen molar-refractivity contribution in [2.75, 3.05) is 125 Å². The number of methoxy groups -OCH3 is 2. The van der Waals surface area contributed by atoms with Gasteiger partial charge in [0.1, 0.15) is 6.54 Å². The molecular weight excluding hydrogens is 777 g/mol. The number of carbonyl (C=O) groups is 1. The van der Waals surface area contributed by atoms with Crippen LogP contribution in [-0.2, 0) is 53.5 Å². The van der Waals surface area contributed by atoms with E-state index in [-0.39, 0.29) is 17.3 Å². The van der Waals surface area contributed by atoms with Gasteiger partial charge in [-0.25, -0.2) is 0 Å². The number of carboxylic acids is 1. The molecule has 2 atom stereocenters. The van der Waals surface area contributed by atoms with Crippen molar-refractivity contribution in [3.63, 3.8) is 0 Å². The van der Waals surface area contributed by atoms with Crippen molar-refractivity contribution in [3.05, 3.63) is 95.7 Å². The van der Waals surface area contributed by atoms with E-state index in [2.05, 4.69) is 109 Å². The summed E-state index contributed by atoms with van der Waals surface area (Å²) in [6, 6.07) is 17.3. The average molecular weight is 850 g/mol. The number of hydrogen-bond acceptors (Lipinski definition) is 10. The van der Waals surface area contributed by atoms with E-state index in [1.54, 1.807) is 14.2 Å². The lowest BCUT2D eigenvalue weighted by molar-refractivity contribution is -0.438. The highest BCUT2D eigenvalue weighted by Crippen LogP contribution is 2.49. The molecule has 0 saturated carbocycles. The van der Waals surface area contributed by atoms with Gasteiger partial charge in [-0.1, -0.05) is 54.6 Å². The van der Waals surface area contributed by atoms with Crippen LogP contribution in [0.5, 0.6) is 0 Å². The van der Waals surface area contributed by atoms with Crippen molar-refractivity contribution >= 4 is 23.1 Å². The average Bonchev–Trinajstić information content (AvgIpc) is 3.64. The van der Waals surface area contributed by atoms with Gasteiger partial charge in [-0.05, 0) is 64.2 Å². The molecule has 0 radical (unpaired) electrons. The number of allylic oxidation sites excluding steroid dienone is 6. The van der Waals surface area contributed by atoms with Crippen LogP contribution in [0.3, 0.4) is 0 Å². The van der Waals surface area contributed by atoms with Gasteiger partial charge in [0.25, 0.3) is 0 Å². The summed E-state index contributed by atoms with van der Waals surface area (Å²) in [4.78, 5) is 13.6. The van der Waals surface area contributed by atoms with Gasteiger partial charge in [0, 0.05) is 81.3 Å². The van der Waals surface area contributed by atoms with Crippen LogP contribution in [0, 0.1) is 0 Å². The molecule has 1 N–H and O–H groups in total. The molecular formula is C49H73N2O10+. The molecule has 4 rings (SSSR count). The maximum Gasteiger partial charge on any atom is 0.303 e. The molecule has 61 heavy (non-hydrogen) atoms. The van der Waals surface area contributed by atoms with E-state index < -0.39 is 5.97 Å². The molecule has 12 nitrogen and oxygen atoms in total. The molecule has 2 aliphatic rings. The summed E-state index contributed by atoms with van der Waals surface area (Å²) >= 11 is 0. The van der Waals surface area contributed by atoms with Crippen LogP contribution in [0.15, 0.2) is 84.6 Å². The Balaban J connectivity index is 1.46. The smallest absolute Gasteiger partial charge is 0.303 e. The number of ether oxygens (including phenoxy) is 8. The first-order valence-electron chi connectivity index (χ1n) is 22.1. The van der Waals surface area contributed by atoms with Crippen LogP contribution in [0.25, 0.3) is 0 Å². The topological polar surface area (TPSA) is 117 Å². The third kappa shape index (κ3) is 15.2. The summed E-state index contributed by atoms with van der Waals surface area (Å²) < 4.78 is 47.0. The van der Waals surface area contributed by atoms with Gasteiger partial charge in [0.15, 0.2) is 5.71 Å². The second-order valence-corrected chi connectivity index (χ2v) is 15.6. The molecule has 2 unspecified atom stereocenters. The van der Waals surface area contributed by atoms with Gasteiger partial charge in [0.2, 0.25) is 5.69 Å². The molecule has 0 saturated heterocycles. The summed E-state index contributed by atoms with van der Waals surface area (Å²) in [6.45, 7) is 16.2. The Labute approximate surface area is 365 Å². The number of fused-ring (bicyclic) bond motifs is 2. The first-order valence-corrected chi connectivity index (χ1v) is 22.1. The van der Waals surface area contributed by atoms with E-state index >= 15 is 0 Å². The van der Waals surface area contributed by atoms with Crippen molar-refractivity contribution < 1.29 is 52.4 Å². The fraction of sp³-hybridized carbons (Fsp3) is 0.592. The number of rotatable bonds is 34. The number of likely N-dealkylation sites (N-methyl/N-ethyl adjacent to an activating group) is 1. The third-order valence-electron chi connectivity index (χ3n) is 11.5. The third-order valence-corrected chi connectivity index (χ3v) is 11.5. The summed E-state index contributed by atoms with van der Waals surface area (Å²) in [7, 11) is 3.32. The predicted octanol–water partition coefficient (Wildman–Crippen LogP) is 7.65. The number of unbranched alkanes of at least 4 members (excludes halogenated alkanes) is 2. The molecule has 338 valence electrons. The number of benzene rings is 2. The van der Waals surface area contributed by atoms with Crippen LogP contribution in [0.2, 0.25) is 0 Å². The van der Waals surface area contributed by atoms with E-state index in [0.717, 1.165) is 38.8 Å². The molecule has 2 aromatic carbocycles. The molecule has 0 fully saturated rings. The Hall–Kier alpha value is -3.72. The Morgan fingerprint density at radius 2 is 1.16 bits per heavy atom. The highest BCUT2D eigenvalue weighted by atomic mass is 16.6. The molecule has 0 aromatic heterocycles. The van der Waals surface area contributed by atoms with Gasteiger partial charge >= 0.3 is 5.97 Å². The largest absolute Gasteiger partial charge is 0.481 e. The van der Waals surface area contributed by atoms with Gasteiger partial charge in [0.05, 0.1) is 84.7 Å². The van der Waals surface area contributed by atoms with Crippen molar-refractivity contribution in [1.82, 2.24) is 0 Å². The van der Waals surface area contributed by atoms with Gasteiger partial charge in [-0.3, -0.25) is 4.79 Å². The molecule has 0 amide bonds. The van der Waals surface area contributed by atoms with Crippen LogP contribution in [0.1, 0.15) is 70.4 Å². The van der Waals surface area contributed by atoms with Crippen LogP contribution in [0.4, 0.5) is 11.4 Å². The highest BCUT2D eigenvalue weighted by Gasteiger charge is 2.47. The lowest BCUT2D eigenvalue weighted by Gasteiger charge is -2.30. The Kier molecular flexibility index (Phi) is 23.0. The Morgan fingerprint density at radius 1 is 0.639 bits per heavy atom. The van der Waals surface area contributed by atoms with Gasteiger partial charge in [-0.15, -0.1) is 0 Å². The fourth-order valence-corrected chi connectivity index (χ4v) is 8.14. The number of anilines is 1. The molecule has 0 aliphatic carbocycles. The van der Waals surface area contributed by atoms with Gasteiger partial charge < -0.3 is 47.9 Å². The van der Waals surface area contributed by atoms with Crippen LogP contribution < -0.4 is 4.90 Å². The molecule has 0 bridgehead atoms. The quantitative estimate of drug-likeness (QED) is 0.0425. The molecule has 0 spiro atoms. The number of para-hydroxylation sites is 2. The van der Waals surface area contributed by atoms with Crippen LogP contribution >= 0.6 is 0 Å². The van der Waals surface area contributed by atoms with E-state index in [0.29, 0.717) is 98.9 Å². The number of hydrogen-bond donors (Lipinski definition) is 1. The van der Waals surface area contributed by atoms with Crippen LogP contribution in [-0.4, -0.2) is 141 Å². The lowest BCUT2D eigenvalue weighted by Crippen LogP contribution is -2.33. The van der Waals surface area contributed by atoms with E-state index in [4.69, 9.17) is 37.9 Å². The normalized spacial score (nSPS) is 19.3. The van der Waals surface area contributed by atoms with Crippen molar-refractivity contribution in [1.29, 1.82) is 0 Å². The molecule has 2 aromatic rings. The molecule has 2 aliphatic heterocycles. The van der Waals surface area contributed by atoms with E-state index in [9.17, 15) is 9.90 Å². The van der Waals surface area contributed by atoms with Crippen molar-refractivity contribution in [2.24, 2.45) is 0 Å². The summed E-state index contributed by atoms with van der Waals surface area (Å²) in [5.41, 5.74) is 6.99. The minimum atomic E-state index is -0.744. The molecule has 2 heterocycles. The Morgan fingerprint density at radius 3 is 1.74 bits per heavy atom. The first-order chi connectivity index (χ1) is 29.8. The number of carboxylic acid groups (broad SMARTS) is 1. The van der Waals surface area contributed by atoms with E-state index in [1.807, 2.05) is 0 Å². The minimum absolute atomic E-state index is 0.195. The Bertz CT molecular complexity index is 1710. The zero-order valence-electron chi connectivity index (χ0n) is 37.6.